The van der Waals surface area contributed by atoms with Crippen molar-refractivity contribution < 1.29 is 19.6 Å². The number of imidazole rings is 1. The Labute approximate surface area is 106 Å². The number of aromatic carboxylic acids is 1. The molecular weight excluding hydrogens is 256 g/mol. The number of aryl methyl sites for hydroxylation is 1. The molecule has 0 saturated carbocycles. The number of hydrogen-bond acceptors (Lipinski definition) is 6. The van der Waals surface area contributed by atoms with Crippen LogP contribution in [0.15, 0.2) is 24.8 Å². The largest absolute Gasteiger partial charge is 0.478 e. The van der Waals surface area contributed by atoms with Crippen LogP contribution in [0.4, 0.5) is 5.82 Å². The van der Waals surface area contributed by atoms with Crippen LogP contribution in [0.3, 0.4) is 0 Å². The Kier molecular flexibility index (Phi) is 3.10. The van der Waals surface area contributed by atoms with Crippen molar-refractivity contribution in [3.8, 4) is 11.6 Å². The zero-order valence-corrected chi connectivity index (χ0v) is 9.68. The molecule has 98 valence electrons. The van der Waals surface area contributed by atoms with Crippen LogP contribution in [-0.2, 0) is 7.05 Å². The topological polar surface area (TPSA) is 120 Å². The minimum absolute atomic E-state index is 0.0756. The highest BCUT2D eigenvalue weighted by molar-refractivity contribution is 5.87. The van der Waals surface area contributed by atoms with E-state index in [-0.39, 0.29) is 17.2 Å². The van der Waals surface area contributed by atoms with E-state index in [0.717, 1.165) is 6.20 Å². The number of carboxylic acids is 1. The van der Waals surface area contributed by atoms with E-state index >= 15 is 0 Å². The molecule has 0 spiro atoms. The van der Waals surface area contributed by atoms with Gasteiger partial charge in [-0.2, -0.15) is 0 Å². The summed E-state index contributed by atoms with van der Waals surface area (Å²) in [6, 6.07) is 1.21. The molecule has 2 rings (SSSR count). The summed E-state index contributed by atoms with van der Waals surface area (Å²) in [5.74, 6) is -1.65. The van der Waals surface area contributed by atoms with Gasteiger partial charge in [-0.1, -0.05) is 0 Å². The molecular formula is C10H8N4O5. The van der Waals surface area contributed by atoms with Crippen molar-refractivity contribution in [1.82, 2.24) is 14.5 Å². The SMILES string of the molecule is Cn1cnc([N+](=O)[O-])c1Oc1cncc(C(=O)O)c1. The Bertz CT molecular complexity index is 651. The first-order chi connectivity index (χ1) is 8.99. The lowest BCUT2D eigenvalue weighted by molar-refractivity contribution is -0.390. The molecule has 0 aromatic carbocycles. The van der Waals surface area contributed by atoms with Gasteiger partial charge in [0, 0.05) is 13.2 Å². The first kappa shape index (κ1) is 12.5. The second kappa shape index (κ2) is 4.72. The predicted octanol–water partition coefficient (Wildman–Crippen LogP) is 1.21. The Balaban J connectivity index is 2.36. The molecule has 0 atom stereocenters. The standard InChI is InChI=1S/C10H8N4O5/c1-13-5-12-8(14(17)18)9(13)19-7-2-6(10(15)16)3-11-4-7/h2-5H,1H3,(H,15,16). The highest BCUT2D eigenvalue weighted by Gasteiger charge is 2.22. The van der Waals surface area contributed by atoms with Crippen molar-refractivity contribution in [2.45, 2.75) is 0 Å². The van der Waals surface area contributed by atoms with Crippen molar-refractivity contribution in [3.05, 3.63) is 40.5 Å². The maximum absolute atomic E-state index is 10.8. The molecule has 0 aliphatic heterocycles. The summed E-state index contributed by atoms with van der Waals surface area (Å²) < 4.78 is 6.58. The second-order valence-electron chi connectivity index (χ2n) is 3.56. The van der Waals surface area contributed by atoms with Gasteiger partial charge in [-0.3, -0.25) is 9.55 Å². The fourth-order valence-corrected chi connectivity index (χ4v) is 1.35. The summed E-state index contributed by atoms with van der Waals surface area (Å²) in [6.45, 7) is 0. The minimum Gasteiger partial charge on any atom is -0.478 e. The van der Waals surface area contributed by atoms with Gasteiger partial charge in [0.15, 0.2) is 0 Å². The number of nitrogens with zero attached hydrogens (tertiary/aromatic N) is 4. The van der Waals surface area contributed by atoms with Gasteiger partial charge >= 0.3 is 17.7 Å². The fourth-order valence-electron chi connectivity index (χ4n) is 1.35. The van der Waals surface area contributed by atoms with Crippen LogP contribution in [0.1, 0.15) is 10.4 Å². The Morgan fingerprint density at radius 1 is 1.53 bits per heavy atom. The third-order valence-corrected chi connectivity index (χ3v) is 2.21. The van der Waals surface area contributed by atoms with Crippen LogP contribution >= 0.6 is 0 Å². The van der Waals surface area contributed by atoms with Crippen LogP contribution in [-0.4, -0.2) is 30.5 Å². The smallest absolute Gasteiger partial charge is 0.427 e. The zero-order chi connectivity index (χ0) is 14.0. The number of hydrogen-bond donors (Lipinski definition) is 1. The summed E-state index contributed by atoms with van der Waals surface area (Å²) in [5, 5.41) is 19.6. The molecule has 0 unspecified atom stereocenters. The molecule has 0 saturated heterocycles. The van der Waals surface area contributed by atoms with Crippen LogP contribution in [0.25, 0.3) is 0 Å². The van der Waals surface area contributed by atoms with Gasteiger partial charge in [-0.05, 0) is 16.0 Å². The Hall–Kier alpha value is -2.97. The van der Waals surface area contributed by atoms with Gasteiger partial charge in [0.1, 0.15) is 5.75 Å². The van der Waals surface area contributed by atoms with Crippen LogP contribution in [0.2, 0.25) is 0 Å². The molecule has 9 nitrogen and oxygen atoms in total. The number of ether oxygens (including phenoxy) is 1. The monoisotopic (exact) mass is 264 g/mol. The van der Waals surface area contributed by atoms with E-state index in [4.69, 9.17) is 9.84 Å². The van der Waals surface area contributed by atoms with Crippen molar-refractivity contribution in [2.24, 2.45) is 7.05 Å². The molecule has 0 aliphatic carbocycles. The summed E-state index contributed by atoms with van der Waals surface area (Å²) in [4.78, 5) is 28.1. The average molecular weight is 264 g/mol. The number of nitro groups is 1. The van der Waals surface area contributed by atoms with Gasteiger partial charge in [0.25, 0.3) is 0 Å². The Morgan fingerprint density at radius 2 is 2.26 bits per heavy atom. The molecule has 0 radical (unpaired) electrons. The number of rotatable bonds is 4. The minimum atomic E-state index is -1.17. The number of aromatic nitrogens is 3. The summed E-state index contributed by atoms with van der Waals surface area (Å²) in [6.07, 6.45) is 3.62. The molecule has 2 heterocycles. The van der Waals surface area contributed by atoms with Crippen LogP contribution in [0, 0.1) is 10.1 Å². The van der Waals surface area contributed by atoms with E-state index < -0.39 is 16.7 Å². The van der Waals surface area contributed by atoms with E-state index in [1.807, 2.05) is 0 Å². The lowest BCUT2D eigenvalue weighted by atomic mass is 10.3. The van der Waals surface area contributed by atoms with Crippen LogP contribution < -0.4 is 4.74 Å². The lowest BCUT2D eigenvalue weighted by Crippen LogP contribution is -2.00. The van der Waals surface area contributed by atoms with E-state index in [1.165, 1.54) is 30.2 Å². The molecule has 2 aromatic heterocycles. The van der Waals surface area contributed by atoms with Crippen molar-refractivity contribution in [2.75, 3.05) is 0 Å². The molecule has 19 heavy (non-hydrogen) atoms. The molecule has 1 N–H and O–H groups in total. The summed E-state index contributed by atoms with van der Waals surface area (Å²) in [5.41, 5.74) is -0.0812. The normalized spacial score (nSPS) is 10.2. The number of carboxylic acid groups (broad SMARTS) is 1. The maximum Gasteiger partial charge on any atom is 0.427 e. The molecule has 9 heteroatoms. The lowest BCUT2D eigenvalue weighted by Gasteiger charge is -2.05. The molecule has 0 amide bonds. The summed E-state index contributed by atoms with van der Waals surface area (Å²) >= 11 is 0. The second-order valence-corrected chi connectivity index (χ2v) is 3.56. The predicted molar refractivity (Wildman–Crippen MR) is 61.1 cm³/mol. The quantitative estimate of drug-likeness (QED) is 0.650. The van der Waals surface area contributed by atoms with Crippen molar-refractivity contribution >= 4 is 11.8 Å². The van der Waals surface area contributed by atoms with Crippen molar-refractivity contribution in [1.29, 1.82) is 0 Å². The first-order valence-electron chi connectivity index (χ1n) is 5.01. The third-order valence-electron chi connectivity index (χ3n) is 2.21. The van der Waals surface area contributed by atoms with Gasteiger partial charge in [-0.15, -0.1) is 0 Å². The number of pyridine rings is 1. The molecule has 0 aliphatic rings. The van der Waals surface area contributed by atoms with Crippen LogP contribution in [0.5, 0.6) is 11.6 Å². The van der Waals surface area contributed by atoms with Gasteiger partial charge < -0.3 is 20.0 Å². The first-order valence-corrected chi connectivity index (χ1v) is 5.01. The maximum atomic E-state index is 10.8. The highest BCUT2D eigenvalue weighted by atomic mass is 16.6. The van der Waals surface area contributed by atoms with Gasteiger partial charge in [0.05, 0.1) is 11.8 Å². The molecule has 2 aromatic rings. The summed E-state index contributed by atoms with van der Waals surface area (Å²) in [7, 11) is 1.52. The Morgan fingerprint density at radius 3 is 2.89 bits per heavy atom. The van der Waals surface area contributed by atoms with E-state index in [2.05, 4.69) is 9.97 Å². The highest BCUT2D eigenvalue weighted by Crippen LogP contribution is 2.29. The molecule has 0 fully saturated rings. The van der Waals surface area contributed by atoms with E-state index in [1.54, 1.807) is 0 Å². The van der Waals surface area contributed by atoms with Gasteiger partial charge in [-0.25, -0.2) is 4.79 Å². The van der Waals surface area contributed by atoms with Crippen molar-refractivity contribution in [3.63, 3.8) is 0 Å². The average Bonchev–Trinajstić information content (AvgIpc) is 2.71. The molecule has 0 bridgehead atoms. The fraction of sp³-hybridized carbons (Fsp3) is 0.100. The van der Waals surface area contributed by atoms with E-state index in [9.17, 15) is 14.9 Å². The zero-order valence-electron chi connectivity index (χ0n) is 9.68. The third kappa shape index (κ3) is 2.49. The number of carbonyl (C=O) groups is 1. The van der Waals surface area contributed by atoms with Gasteiger partial charge in [0.2, 0.25) is 6.33 Å². The van der Waals surface area contributed by atoms with E-state index in [0.29, 0.717) is 0 Å².